The first kappa shape index (κ1) is 15.5. The van der Waals surface area contributed by atoms with Crippen LogP contribution < -0.4 is 0 Å². The van der Waals surface area contributed by atoms with Gasteiger partial charge in [-0.2, -0.15) is 0 Å². The van der Waals surface area contributed by atoms with Gasteiger partial charge in [-0.25, -0.2) is 0 Å². The van der Waals surface area contributed by atoms with E-state index in [0.717, 1.165) is 19.3 Å². The lowest BCUT2D eigenvalue weighted by molar-refractivity contribution is -0.120. The van der Waals surface area contributed by atoms with Crippen molar-refractivity contribution >= 4 is 5.78 Å². The molecule has 2 aliphatic rings. The van der Waals surface area contributed by atoms with Crippen LogP contribution in [0.25, 0.3) is 0 Å². The van der Waals surface area contributed by atoms with Crippen LogP contribution in [0.5, 0.6) is 0 Å². The van der Waals surface area contributed by atoms with E-state index in [0.29, 0.717) is 37.0 Å². The average molecular weight is 282 g/mol. The van der Waals surface area contributed by atoms with Crippen LogP contribution >= 0.6 is 0 Å². The molecule has 2 rings (SSSR count). The third-order valence-corrected chi connectivity index (χ3v) is 4.32. The number of unbranched alkanes of at least 4 members (excludes halogenated alkanes) is 3. The van der Waals surface area contributed by atoms with Gasteiger partial charge in [-0.1, -0.05) is 32.6 Å². The molecule has 1 aliphatic carbocycles. The molecule has 4 nitrogen and oxygen atoms in total. The zero-order chi connectivity index (χ0) is 14.5. The summed E-state index contributed by atoms with van der Waals surface area (Å²) in [5.74, 6) is 0.534. The van der Waals surface area contributed by atoms with Gasteiger partial charge in [0, 0.05) is 12.0 Å². The molecule has 0 radical (unpaired) electrons. The van der Waals surface area contributed by atoms with E-state index in [1.807, 2.05) is 0 Å². The first-order chi connectivity index (χ1) is 9.63. The first-order valence-electron chi connectivity index (χ1n) is 7.92. The first-order valence-corrected chi connectivity index (χ1v) is 7.92. The summed E-state index contributed by atoms with van der Waals surface area (Å²) >= 11 is 0. The molecule has 0 fully saturated rings. The zero-order valence-corrected chi connectivity index (χ0v) is 12.3. The van der Waals surface area contributed by atoms with Crippen molar-refractivity contribution < 1.29 is 19.7 Å². The Kier molecular flexibility index (Phi) is 5.61. The van der Waals surface area contributed by atoms with Gasteiger partial charge in [-0.3, -0.25) is 4.79 Å². The Hall–Kier alpha value is -0.870. The predicted octanol–water partition coefficient (Wildman–Crippen LogP) is 2.47. The van der Waals surface area contributed by atoms with Gasteiger partial charge < -0.3 is 14.9 Å². The molecule has 1 heterocycles. The van der Waals surface area contributed by atoms with Crippen LogP contribution in [0.4, 0.5) is 0 Å². The number of Topliss-reactive ketones (excluding diaryl/α,β-unsaturated/α-hetero) is 1. The summed E-state index contributed by atoms with van der Waals surface area (Å²) in [6.45, 7) is 2.16. The number of aliphatic hydroxyl groups excluding tert-OH is 2. The van der Waals surface area contributed by atoms with E-state index in [-0.39, 0.29) is 11.9 Å². The highest BCUT2D eigenvalue weighted by atomic mass is 16.5. The second kappa shape index (κ2) is 7.23. The fourth-order valence-corrected chi connectivity index (χ4v) is 3.05. The number of carbonyl (C=O) groups is 1. The molecule has 2 N–H and O–H groups in total. The summed E-state index contributed by atoms with van der Waals surface area (Å²) in [5.41, 5.74) is 0.651. The van der Waals surface area contributed by atoms with Crippen molar-refractivity contribution in [1.82, 2.24) is 0 Å². The maximum atomic E-state index is 11.8. The number of rotatable bonds is 6. The van der Waals surface area contributed by atoms with Gasteiger partial charge >= 0.3 is 0 Å². The smallest absolute Gasteiger partial charge is 0.162 e. The van der Waals surface area contributed by atoms with Crippen molar-refractivity contribution in [2.75, 3.05) is 0 Å². The third kappa shape index (κ3) is 3.61. The Morgan fingerprint density at radius 3 is 2.80 bits per heavy atom. The molecule has 0 aromatic heterocycles. The standard InChI is InChI=1S/C16H26O4/c1-2-3-4-5-6-13(18)15-10-7-11-12(17)8-9-14(19)16(11)20-15/h13-15,18-19H,2-10H2,1H3/t13?,14-,15-/m0/s1. The molecule has 1 aliphatic heterocycles. The second-order valence-corrected chi connectivity index (χ2v) is 5.93. The van der Waals surface area contributed by atoms with Gasteiger partial charge in [0.05, 0.1) is 6.10 Å². The van der Waals surface area contributed by atoms with Crippen LogP contribution in [0.1, 0.15) is 64.7 Å². The normalized spacial score (nSPS) is 28.1. The number of ketones is 1. The van der Waals surface area contributed by atoms with E-state index in [4.69, 9.17) is 4.74 Å². The average Bonchev–Trinajstić information content (AvgIpc) is 2.47. The lowest BCUT2D eigenvalue weighted by atomic mass is 9.87. The van der Waals surface area contributed by atoms with Crippen molar-refractivity contribution in [2.45, 2.75) is 83.0 Å². The summed E-state index contributed by atoms with van der Waals surface area (Å²) in [4.78, 5) is 11.8. The summed E-state index contributed by atoms with van der Waals surface area (Å²) in [6, 6.07) is 0. The van der Waals surface area contributed by atoms with Gasteiger partial charge in [0.15, 0.2) is 5.78 Å². The van der Waals surface area contributed by atoms with Crippen molar-refractivity contribution in [3.8, 4) is 0 Å². The van der Waals surface area contributed by atoms with E-state index in [2.05, 4.69) is 6.92 Å². The number of allylic oxidation sites excluding steroid dienone is 1. The monoisotopic (exact) mass is 282 g/mol. The quantitative estimate of drug-likeness (QED) is 0.734. The second-order valence-electron chi connectivity index (χ2n) is 5.93. The molecule has 0 aromatic rings. The molecule has 0 amide bonds. The lowest BCUT2D eigenvalue weighted by Crippen LogP contribution is -2.37. The van der Waals surface area contributed by atoms with Crippen molar-refractivity contribution in [1.29, 1.82) is 0 Å². The largest absolute Gasteiger partial charge is 0.489 e. The van der Waals surface area contributed by atoms with Crippen LogP contribution in [0, 0.1) is 0 Å². The van der Waals surface area contributed by atoms with Crippen LogP contribution in [-0.2, 0) is 9.53 Å². The molecule has 3 atom stereocenters. The van der Waals surface area contributed by atoms with Crippen molar-refractivity contribution in [2.24, 2.45) is 0 Å². The van der Waals surface area contributed by atoms with Crippen molar-refractivity contribution in [3.05, 3.63) is 11.3 Å². The molecule has 0 spiro atoms. The zero-order valence-electron chi connectivity index (χ0n) is 12.3. The fraction of sp³-hybridized carbons (Fsp3) is 0.812. The number of hydrogen-bond donors (Lipinski definition) is 2. The summed E-state index contributed by atoms with van der Waals surface area (Å²) in [6.07, 6.45) is 5.97. The van der Waals surface area contributed by atoms with Crippen LogP contribution in [0.2, 0.25) is 0 Å². The highest BCUT2D eigenvalue weighted by Gasteiger charge is 2.36. The summed E-state index contributed by atoms with van der Waals surface area (Å²) < 4.78 is 5.75. The topological polar surface area (TPSA) is 66.8 Å². The number of ether oxygens (including phenoxy) is 1. The highest BCUT2D eigenvalue weighted by molar-refractivity contribution is 5.97. The Labute approximate surface area is 120 Å². The molecule has 1 unspecified atom stereocenters. The van der Waals surface area contributed by atoms with Gasteiger partial charge in [0.25, 0.3) is 0 Å². The van der Waals surface area contributed by atoms with E-state index in [9.17, 15) is 15.0 Å². The van der Waals surface area contributed by atoms with Crippen LogP contribution in [0.15, 0.2) is 11.3 Å². The Morgan fingerprint density at radius 1 is 1.25 bits per heavy atom. The molecule has 0 saturated heterocycles. The number of aliphatic hydroxyl groups is 2. The number of carbonyl (C=O) groups excluding carboxylic acids is 1. The Balaban J connectivity index is 1.89. The van der Waals surface area contributed by atoms with E-state index in [1.54, 1.807) is 0 Å². The molecule has 0 saturated carbocycles. The predicted molar refractivity (Wildman–Crippen MR) is 76.1 cm³/mol. The molecular weight excluding hydrogens is 256 g/mol. The van der Waals surface area contributed by atoms with Crippen LogP contribution in [0.3, 0.4) is 0 Å². The van der Waals surface area contributed by atoms with Gasteiger partial charge in [0.2, 0.25) is 0 Å². The minimum atomic E-state index is -0.669. The number of hydrogen-bond acceptors (Lipinski definition) is 4. The Bertz CT molecular complexity index is 375. The highest BCUT2D eigenvalue weighted by Crippen LogP contribution is 2.34. The maximum Gasteiger partial charge on any atom is 0.162 e. The van der Waals surface area contributed by atoms with E-state index in [1.165, 1.54) is 12.8 Å². The maximum absolute atomic E-state index is 11.8. The van der Waals surface area contributed by atoms with Crippen LogP contribution in [-0.4, -0.2) is 34.3 Å². The van der Waals surface area contributed by atoms with Crippen molar-refractivity contribution in [3.63, 3.8) is 0 Å². The molecule has 4 heteroatoms. The third-order valence-electron chi connectivity index (χ3n) is 4.32. The van der Waals surface area contributed by atoms with E-state index < -0.39 is 12.2 Å². The Morgan fingerprint density at radius 2 is 2.05 bits per heavy atom. The summed E-state index contributed by atoms with van der Waals surface area (Å²) in [7, 11) is 0. The van der Waals surface area contributed by atoms with E-state index >= 15 is 0 Å². The molecule has 114 valence electrons. The lowest BCUT2D eigenvalue weighted by Gasteiger charge is -2.35. The molecule has 0 aromatic carbocycles. The van der Waals surface area contributed by atoms with Gasteiger partial charge in [0.1, 0.15) is 18.0 Å². The fourth-order valence-electron chi connectivity index (χ4n) is 3.05. The molecule has 20 heavy (non-hydrogen) atoms. The molecule has 0 bridgehead atoms. The molecular formula is C16H26O4. The van der Waals surface area contributed by atoms with Gasteiger partial charge in [-0.15, -0.1) is 0 Å². The van der Waals surface area contributed by atoms with Gasteiger partial charge in [-0.05, 0) is 25.7 Å². The summed E-state index contributed by atoms with van der Waals surface area (Å²) in [5, 5.41) is 20.2. The minimum absolute atomic E-state index is 0.0983. The SMILES string of the molecule is CCCCCCC(O)[C@@H]1CCC2=C(O1)[C@@H](O)CCC2=O. The minimum Gasteiger partial charge on any atom is -0.489 e.